The Kier molecular flexibility index (Phi) is 18.4. The van der Waals surface area contributed by atoms with E-state index in [0.717, 1.165) is 69.1 Å². The highest BCUT2D eigenvalue weighted by Crippen LogP contribution is 2.45. The highest BCUT2D eigenvalue weighted by atomic mass is 28.3. The van der Waals surface area contributed by atoms with Crippen LogP contribution in [0.3, 0.4) is 0 Å². The Labute approximate surface area is 496 Å². The number of halogens is 3. The number of ether oxygens (including phenoxy) is 4. The Balaban J connectivity index is 0.000000203. The Hall–Kier alpha value is -8.04. The third kappa shape index (κ3) is 12.2. The van der Waals surface area contributed by atoms with E-state index >= 15 is 0 Å². The first-order valence-corrected chi connectivity index (χ1v) is 35.5. The Bertz CT molecular complexity index is 3860. The number of nitrogens with two attached hydrogens (primary N) is 1. The number of pyridine rings is 4. The van der Waals surface area contributed by atoms with Crippen LogP contribution in [0.4, 0.5) is 18.0 Å². The van der Waals surface area contributed by atoms with Gasteiger partial charge in [-0.3, -0.25) is 19.2 Å². The van der Waals surface area contributed by atoms with Crippen LogP contribution in [0, 0.1) is 0 Å². The third-order valence-corrected chi connectivity index (χ3v) is 22.1. The molecule has 4 aromatic heterocycles. The number of hydrogen-bond donors (Lipinski definition) is 2. The molecule has 6 aromatic rings. The van der Waals surface area contributed by atoms with Crippen molar-refractivity contribution in [3.8, 4) is 22.8 Å². The Morgan fingerprint density at radius 2 is 1.08 bits per heavy atom. The number of rotatable bonds is 15. The third-order valence-electron chi connectivity index (χ3n) is 16.7. The van der Waals surface area contributed by atoms with Gasteiger partial charge in [0.15, 0.2) is 0 Å². The standard InChI is InChI=1S/C32H40N4O6Si.C27H31N3O5Si.C2HF3O2/c1-7-32(42-20(4)37)25-16-27-28-23(17-36(27)29(38)24(25)18-41-30(32)39)21(22-12-10-11-13-26(22)34-28)14-15-43(5,6)19-33-31(40)35(8-2)9-3;1-5-27(35-16(2)31)21-12-23-24-19(13-30(23)25(32)20(21)14-34-26(27)33)17(10-11-36(3,4)15-28)18-8-6-7-9-22(18)29-24;3-2(4,5)1(6)7/h10-13,16H,7-9,14-15,17-19H2,1-6H3,(H,33,40);6-9,12H,5,10-11,13-15,28H2,1-4H3;(H,6,7)/p-1/t32-;27-;/m00./s1. The predicted molar refractivity (Wildman–Crippen MR) is 317 cm³/mol. The fourth-order valence-corrected chi connectivity index (χ4v) is 14.5. The van der Waals surface area contributed by atoms with Crippen LogP contribution in [0.2, 0.25) is 38.3 Å². The van der Waals surface area contributed by atoms with Gasteiger partial charge >= 0.3 is 36.1 Å². The minimum absolute atomic E-state index is 0.0287. The molecule has 2 amide bonds. The molecule has 4 aliphatic heterocycles. The summed E-state index contributed by atoms with van der Waals surface area (Å²) in [7, 11) is -3.40. The highest BCUT2D eigenvalue weighted by Gasteiger charge is 2.52. The molecule has 20 nitrogen and oxygen atoms in total. The summed E-state index contributed by atoms with van der Waals surface area (Å²) in [6.45, 7) is 20.8. The average Bonchev–Trinajstić information content (AvgIpc) is 1.47. The van der Waals surface area contributed by atoms with Gasteiger partial charge in [0.1, 0.15) is 19.2 Å². The number of benzene rings is 2. The van der Waals surface area contributed by atoms with Gasteiger partial charge in [-0.1, -0.05) is 88.5 Å². The molecule has 2 atom stereocenters. The van der Waals surface area contributed by atoms with Gasteiger partial charge in [-0.05, 0) is 81.1 Å². The van der Waals surface area contributed by atoms with Crippen LogP contribution in [-0.4, -0.2) is 108 Å². The molecule has 0 saturated heterocycles. The molecule has 0 bridgehead atoms. The number of para-hydroxylation sites is 2. The molecule has 0 aliphatic carbocycles. The number of nitrogens with zero attached hydrogens (tertiary/aromatic N) is 5. The summed E-state index contributed by atoms with van der Waals surface area (Å²) in [5.41, 5.74) is 12.4. The number of fused-ring (bicyclic) bond motifs is 10. The van der Waals surface area contributed by atoms with Crippen LogP contribution in [0.5, 0.6) is 0 Å². The van der Waals surface area contributed by atoms with E-state index in [-0.39, 0.29) is 43.2 Å². The summed E-state index contributed by atoms with van der Waals surface area (Å²) >= 11 is 0. The van der Waals surface area contributed by atoms with Gasteiger partial charge in [0, 0.05) is 66.1 Å². The number of cyclic esters (lactones) is 2. The van der Waals surface area contributed by atoms with E-state index < -0.39 is 63.4 Å². The minimum Gasteiger partial charge on any atom is -0.542 e. The van der Waals surface area contributed by atoms with Crippen LogP contribution < -0.4 is 27.3 Å². The van der Waals surface area contributed by atoms with Crippen molar-refractivity contribution in [2.24, 2.45) is 5.73 Å². The van der Waals surface area contributed by atoms with E-state index in [9.17, 15) is 46.7 Å². The highest BCUT2D eigenvalue weighted by molar-refractivity contribution is 6.78. The van der Waals surface area contributed by atoms with E-state index in [1.54, 1.807) is 40.0 Å². The minimum atomic E-state index is -5.19. The topological polar surface area (TPSA) is 273 Å². The lowest BCUT2D eigenvalue weighted by Crippen LogP contribution is -2.47. The van der Waals surface area contributed by atoms with Crippen LogP contribution in [0.25, 0.3) is 44.6 Å². The summed E-state index contributed by atoms with van der Waals surface area (Å²) in [5.74, 6) is -5.57. The summed E-state index contributed by atoms with van der Waals surface area (Å²) in [6.07, 6.45) is -1.88. The summed E-state index contributed by atoms with van der Waals surface area (Å²) in [6, 6.07) is 21.5. The number of aryl methyl sites for hydroxylation is 2. The summed E-state index contributed by atoms with van der Waals surface area (Å²) in [5, 5.41) is 14.1. The molecule has 4 aliphatic rings. The second-order valence-electron chi connectivity index (χ2n) is 23.3. The van der Waals surface area contributed by atoms with Gasteiger partial charge in [-0.2, -0.15) is 13.2 Å². The number of esters is 4. The molecule has 0 saturated carbocycles. The van der Waals surface area contributed by atoms with Crippen molar-refractivity contribution in [3.63, 3.8) is 0 Å². The molecule has 0 spiro atoms. The number of amides is 2. The SMILES string of the molecule is CCN(CC)C(=O)NC[Si](C)(C)CCc1c2c(nc3ccccc13)-c1cc3c(c(=O)n1C2)COC(=O)[C@@]3(CC)OC(C)=O.CC[C@@]1(OC(C)=O)C(=O)OCc2c1cc1n(c2=O)Cc2c-1nc1ccccc1c2CC[Si](C)(C)CN.O=C([O-])C(F)(F)F. The molecular weight excluding hydrogens is 1150 g/mol. The number of urea groups is 1. The van der Waals surface area contributed by atoms with Crippen molar-refractivity contribution < 1.29 is 66.0 Å². The smallest absolute Gasteiger partial charge is 0.430 e. The maximum absolute atomic E-state index is 13.9. The van der Waals surface area contributed by atoms with Crippen molar-refractivity contribution in [1.82, 2.24) is 29.3 Å². The van der Waals surface area contributed by atoms with Crippen molar-refractivity contribution in [2.45, 2.75) is 149 Å². The van der Waals surface area contributed by atoms with Crippen molar-refractivity contribution in [1.29, 1.82) is 0 Å². The zero-order valence-corrected chi connectivity index (χ0v) is 51.9. The quantitative estimate of drug-likeness (QED) is 0.0584. The number of carbonyl (C=O) groups excluding carboxylic acids is 6. The Morgan fingerprint density at radius 3 is 1.44 bits per heavy atom. The normalized spacial score (nSPS) is 17.2. The first-order chi connectivity index (χ1) is 40.5. The van der Waals surface area contributed by atoms with Gasteiger partial charge in [-0.25, -0.2) is 24.4 Å². The second kappa shape index (κ2) is 24.7. The molecule has 25 heteroatoms. The lowest BCUT2D eigenvalue weighted by Gasteiger charge is -2.35. The molecule has 2 aromatic carbocycles. The van der Waals surface area contributed by atoms with Crippen LogP contribution in [0.15, 0.2) is 70.3 Å². The van der Waals surface area contributed by atoms with E-state index in [1.165, 1.54) is 19.4 Å². The predicted octanol–water partition coefficient (Wildman–Crippen LogP) is 7.19. The average molecular weight is 1220 g/mol. The number of nitrogens with one attached hydrogen (secondary N) is 1. The van der Waals surface area contributed by atoms with Gasteiger partial charge in [0.25, 0.3) is 11.1 Å². The fraction of sp³-hybridized carbons (Fsp3) is 0.443. The van der Waals surface area contributed by atoms with Crippen molar-refractivity contribution in [2.75, 3.05) is 25.4 Å². The Morgan fingerprint density at radius 1 is 0.686 bits per heavy atom. The molecule has 0 radical (unpaired) electrons. The maximum atomic E-state index is 13.9. The van der Waals surface area contributed by atoms with E-state index in [0.29, 0.717) is 77.9 Å². The van der Waals surface area contributed by atoms with Gasteiger partial charge in [0.2, 0.25) is 11.2 Å². The number of aromatic nitrogens is 4. The van der Waals surface area contributed by atoms with Gasteiger partial charge in [-0.15, -0.1) is 0 Å². The van der Waals surface area contributed by atoms with Gasteiger partial charge < -0.3 is 53.9 Å². The number of carboxylic acids is 1. The molecule has 458 valence electrons. The van der Waals surface area contributed by atoms with E-state index in [4.69, 9.17) is 44.6 Å². The van der Waals surface area contributed by atoms with Crippen molar-refractivity contribution in [3.05, 3.63) is 126 Å². The molecule has 8 heterocycles. The van der Waals surface area contributed by atoms with Crippen molar-refractivity contribution >= 4 is 73.8 Å². The van der Waals surface area contributed by atoms with E-state index in [2.05, 4.69) is 43.6 Å². The molecule has 0 unspecified atom stereocenters. The first kappa shape index (κ1) is 64.0. The monoisotopic (exact) mass is 1220 g/mol. The maximum Gasteiger partial charge on any atom is 0.430 e. The molecule has 3 N–H and O–H groups in total. The van der Waals surface area contributed by atoms with Crippen LogP contribution in [-0.2, 0) is 93.3 Å². The number of carbonyl (C=O) groups is 6. The van der Waals surface area contributed by atoms with E-state index in [1.807, 2.05) is 50.2 Å². The number of hydrogen-bond acceptors (Lipinski definition) is 16. The second-order valence-corrected chi connectivity index (χ2v) is 33.8. The fourth-order valence-electron chi connectivity index (χ4n) is 11.7. The van der Waals surface area contributed by atoms with Crippen LogP contribution >= 0.6 is 0 Å². The largest absolute Gasteiger partial charge is 0.542 e. The zero-order chi connectivity index (χ0) is 63.0. The summed E-state index contributed by atoms with van der Waals surface area (Å²) < 4.78 is 56.8. The lowest BCUT2D eigenvalue weighted by molar-refractivity contribution is -0.344. The lowest BCUT2D eigenvalue weighted by atomic mass is 9.85. The zero-order valence-electron chi connectivity index (χ0n) is 49.9. The molecule has 86 heavy (non-hydrogen) atoms. The number of carboxylic acid groups (broad SMARTS) is 1. The van der Waals surface area contributed by atoms with Crippen LogP contribution in [0.1, 0.15) is 98.9 Å². The molecular formula is C61H71F3N7O13Si2-. The van der Waals surface area contributed by atoms with Gasteiger partial charge in [0.05, 0.1) is 74.2 Å². The summed E-state index contributed by atoms with van der Waals surface area (Å²) in [4.78, 5) is 111. The number of alkyl halides is 3. The molecule has 0 fully saturated rings. The molecule has 10 rings (SSSR count). The first-order valence-electron chi connectivity index (χ1n) is 28.6. The number of aliphatic carboxylic acids is 1.